The number of rotatable bonds is 1. The molecule has 2 heterocycles. The molecule has 1 atom stereocenters. The summed E-state index contributed by atoms with van der Waals surface area (Å²) < 4.78 is 7.15. The lowest BCUT2D eigenvalue weighted by Gasteiger charge is -2.34. The Hall–Kier alpha value is -1.63. The lowest BCUT2D eigenvalue weighted by atomic mass is 10.1. The number of hydrogen-bond acceptors (Lipinski definition) is 5. The number of nitrogens with zero attached hydrogens (tertiary/aromatic N) is 4. The van der Waals surface area contributed by atoms with Gasteiger partial charge in [0.1, 0.15) is 11.3 Å². The molecule has 112 valence electrons. The Morgan fingerprint density at radius 1 is 1.45 bits per heavy atom. The van der Waals surface area contributed by atoms with Crippen LogP contribution in [0.15, 0.2) is 0 Å². The van der Waals surface area contributed by atoms with E-state index in [1.54, 1.807) is 9.58 Å². The van der Waals surface area contributed by atoms with Crippen LogP contribution in [0.25, 0.3) is 0 Å². The van der Waals surface area contributed by atoms with Crippen molar-refractivity contribution in [2.24, 2.45) is 7.05 Å². The minimum atomic E-state index is -0.472. The Balaban J connectivity index is 2.05. The van der Waals surface area contributed by atoms with Crippen LogP contribution >= 0.6 is 0 Å². The first kappa shape index (κ1) is 14.8. The van der Waals surface area contributed by atoms with E-state index in [1.807, 2.05) is 34.7 Å². The highest BCUT2D eigenvalue weighted by Crippen LogP contribution is 2.19. The van der Waals surface area contributed by atoms with Crippen LogP contribution in [-0.4, -0.2) is 51.2 Å². The minimum Gasteiger partial charge on any atom is -0.444 e. The first-order valence-electron chi connectivity index (χ1n) is 6.85. The first-order valence-corrected chi connectivity index (χ1v) is 6.85. The molecule has 0 spiro atoms. The van der Waals surface area contributed by atoms with Gasteiger partial charge in [-0.3, -0.25) is 4.68 Å². The zero-order valence-corrected chi connectivity index (χ0v) is 12.8. The standard InChI is InChI=1S/C13H23N5O2/c1-9-11(15-16-17(9)5)10-8-18(7-6-14-10)12(19)20-13(2,3)4/h10,14H,6-8H2,1-5H3. The highest BCUT2D eigenvalue weighted by atomic mass is 16.6. The van der Waals surface area contributed by atoms with Gasteiger partial charge in [-0.05, 0) is 27.7 Å². The zero-order valence-electron chi connectivity index (χ0n) is 12.8. The third kappa shape index (κ3) is 3.27. The molecule has 20 heavy (non-hydrogen) atoms. The second-order valence-electron chi connectivity index (χ2n) is 6.12. The lowest BCUT2D eigenvalue weighted by Crippen LogP contribution is -2.50. The highest BCUT2D eigenvalue weighted by molar-refractivity contribution is 5.68. The van der Waals surface area contributed by atoms with Crippen molar-refractivity contribution >= 4 is 6.09 Å². The molecule has 2 rings (SSSR count). The fourth-order valence-corrected chi connectivity index (χ4v) is 2.17. The number of amides is 1. The number of aryl methyl sites for hydroxylation is 1. The predicted octanol–water partition coefficient (Wildman–Crippen LogP) is 1.00. The summed E-state index contributed by atoms with van der Waals surface area (Å²) in [4.78, 5) is 13.8. The third-order valence-electron chi connectivity index (χ3n) is 3.30. The monoisotopic (exact) mass is 281 g/mol. The van der Waals surface area contributed by atoms with Gasteiger partial charge in [0.25, 0.3) is 0 Å². The van der Waals surface area contributed by atoms with Gasteiger partial charge in [0.2, 0.25) is 0 Å². The Kier molecular flexibility index (Phi) is 3.99. The molecule has 0 aromatic carbocycles. The van der Waals surface area contributed by atoms with Crippen LogP contribution in [0.4, 0.5) is 4.79 Å². The number of carbonyl (C=O) groups is 1. The maximum absolute atomic E-state index is 12.1. The van der Waals surface area contributed by atoms with E-state index in [-0.39, 0.29) is 12.1 Å². The van der Waals surface area contributed by atoms with Gasteiger partial charge < -0.3 is 15.0 Å². The normalized spacial score (nSPS) is 20.1. The van der Waals surface area contributed by atoms with Gasteiger partial charge >= 0.3 is 6.09 Å². The Bertz CT molecular complexity index is 491. The second-order valence-corrected chi connectivity index (χ2v) is 6.12. The molecule has 0 radical (unpaired) electrons. The van der Waals surface area contributed by atoms with E-state index in [0.717, 1.165) is 17.9 Å². The van der Waals surface area contributed by atoms with E-state index in [9.17, 15) is 4.79 Å². The topological polar surface area (TPSA) is 72.3 Å². The van der Waals surface area contributed by atoms with Crippen LogP contribution in [0.3, 0.4) is 0 Å². The van der Waals surface area contributed by atoms with Crippen molar-refractivity contribution in [1.82, 2.24) is 25.2 Å². The van der Waals surface area contributed by atoms with Gasteiger partial charge in [-0.25, -0.2) is 4.79 Å². The molecule has 0 saturated carbocycles. The van der Waals surface area contributed by atoms with Crippen LogP contribution in [0.2, 0.25) is 0 Å². The number of nitrogens with one attached hydrogen (secondary N) is 1. The molecule has 7 nitrogen and oxygen atoms in total. The van der Waals surface area contributed by atoms with Gasteiger partial charge in [-0.2, -0.15) is 0 Å². The van der Waals surface area contributed by atoms with Crippen molar-refractivity contribution in [3.63, 3.8) is 0 Å². The molecule has 0 bridgehead atoms. The molecule has 1 fully saturated rings. The quantitative estimate of drug-likeness (QED) is 0.831. The summed E-state index contributed by atoms with van der Waals surface area (Å²) >= 11 is 0. The maximum atomic E-state index is 12.1. The largest absolute Gasteiger partial charge is 0.444 e. The maximum Gasteiger partial charge on any atom is 0.410 e. The van der Waals surface area contributed by atoms with Gasteiger partial charge in [0, 0.05) is 26.7 Å². The van der Waals surface area contributed by atoms with Crippen molar-refractivity contribution < 1.29 is 9.53 Å². The second kappa shape index (κ2) is 5.40. The van der Waals surface area contributed by atoms with Gasteiger partial charge in [0.15, 0.2) is 0 Å². The van der Waals surface area contributed by atoms with E-state index >= 15 is 0 Å². The van der Waals surface area contributed by atoms with Gasteiger partial charge in [0.05, 0.1) is 11.7 Å². The molecule has 1 aliphatic heterocycles. The molecule has 1 unspecified atom stereocenters. The lowest BCUT2D eigenvalue weighted by molar-refractivity contribution is 0.0193. The average molecular weight is 281 g/mol. The van der Waals surface area contributed by atoms with E-state index in [4.69, 9.17) is 4.74 Å². The number of aromatic nitrogens is 3. The zero-order chi connectivity index (χ0) is 14.9. The Labute approximate surface area is 119 Å². The first-order chi connectivity index (χ1) is 9.28. The van der Waals surface area contributed by atoms with E-state index in [0.29, 0.717) is 13.1 Å². The van der Waals surface area contributed by atoms with Crippen molar-refractivity contribution in [1.29, 1.82) is 0 Å². The smallest absolute Gasteiger partial charge is 0.410 e. The fraction of sp³-hybridized carbons (Fsp3) is 0.769. The number of hydrogen-bond donors (Lipinski definition) is 1. The summed E-state index contributed by atoms with van der Waals surface area (Å²) in [5.41, 5.74) is 1.43. The summed E-state index contributed by atoms with van der Waals surface area (Å²) in [6.45, 7) is 9.51. The van der Waals surface area contributed by atoms with Crippen molar-refractivity contribution in [2.45, 2.75) is 39.3 Å². The van der Waals surface area contributed by atoms with Crippen LogP contribution in [0.1, 0.15) is 38.2 Å². The molecular formula is C13H23N5O2. The van der Waals surface area contributed by atoms with Crippen LogP contribution < -0.4 is 5.32 Å². The van der Waals surface area contributed by atoms with Crippen LogP contribution in [0.5, 0.6) is 0 Å². The molecular weight excluding hydrogens is 258 g/mol. The minimum absolute atomic E-state index is 0.00460. The molecule has 1 aliphatic rings. The van der Waals surface area contributed by atoms with Gasteiger partial charge in [-0.1, -0.05) is 5.21 Å². The summed E-state index contributed by atoms with van der Waals surface area (Å²) in [5, 5.41) is 11.6. The number of carbonyl (C=O) groups excluding carboxylic acids is 1. The fourth-order valence-electron chi connectivity index (χ4n) is 2.17. The van der Waals surface area contributed by atoms with E-state index in [2.05, 4.69) is 15.6 Å². The highest BCUT2D eigenvalue weighted by Gasteiger charge is 2.30. The molecule has 0 aliphatic carbocycles. The average Bonchev–Trinajstić information content (AvgIpc) is 2.68. The molecule has 1 aromatic heterocycles. The van der Waals surface area contributed by atoms with E-state index in [1.165, 1.54) is 0 Å². The Morgan fingerprint density at radius 2 is 2.15 bits per heavy atom. The van der Waals surface area contributed by atoms with Crippen molar-refractivity contribution in [2.75, 3.05) is 19.6 Å². The molecule has 1 N–H and O–H groups in total. The van der Waals surface area contributed by atoms with Crippen molar-refractivity contribution in [3.05, 3.63) is 11.4 Å². The summed E-state index contributed by atoms with van der Waals surface area (Å²) in [5.74, 6) is 0. The molecule has 7 heteroatoms. The Morgan fingerprint density at radius 3 is 2.70 bits per heavy atom. The molecule has 1 aromatic rings. The van der Waals surface area contributed by atoms with Crippen LogP contribution in [-0.2, 0) is 11.8 Å². The van der Waals surface area contributed by atoms with Gasteiger partial charge in [-0.15, -0.1) is 5.10 Å². The number of piperazine rings is 1. The summed E-state index contributed by atoms with van der Waals surface area (Å²) in [7, 11) is 1.86. The SMILES string of the molecule is Cc1c(C2CN(C(=O)OC(C)(C)C)CCN2)nnn1C. The van der Waals surface area contributed by atoms with E-state index < -0.39 is 5.60 Å². The predicted molar refractivity (Wildman–Crippen MR) is 74.3 cm³/mol. The van der Waals surface area contributed by atoms with Crippen molar-refractivity contribution in [3.8, 4) is 0 Å². The summed E-state index contributed by atoms with van der Waals surface area (Å²) in [6, 6.07) is 0.00460. The molecule has 1 saturated heterocycles. The third-order valence-corrected chi connectivity index (χ3v) is 3.30. The van der Waals surface area contributed by atoms with Crippen LogP contribution in [0, 0.1) is 6.92 Å². The molecule has 1 amide bonds. The summed E-state index contributed by atoms with van der Waals surface area (Å²) in [6.07, 6.45) is -0.273. The number of ether oxygens (including phenoxy) is 1.